The molecule has 0 unspecified atom stereocenters. The first kappa shape index (κ1) is 23.7. The van der Waals surface area contributed by atoms with Crippen molar-refractivity contribution < 1.29 is 9.59 Å². The molecule has 2 fully saturated rings. The summed E-state index contributed by atoms with van der Waals surface area (Å²) in [4.78, 5) is 24.4. The molecule has 1 aromatic carbocycles. The van der Waals surface area contributed by atoms with Gasteiger partial charge in [-0.1, -0.05) is 50.7 Å². The molecule has 0 aromatic heterocycles. The SMILES string of the molecule is Cl.O=C(NCCNC1CCCCCC1)c1ccc(CNC(=O)C2CCCC2)cc1. The van der Waals surface area contributed by atoms with Gasteiger partial charge in [0.25, 0.3) is 5.91 Å². The van der Waals surface area contributed by atoms with Gasteiger partial charge in [0, 0.05) is 37.2 Å². The number of carbonyl (C=O) groups excluding carboxylic acids is 2. The lowest BCUT2D eigenvalue weighted by atomic mass is 10.1. The van der Waals surface area contributed by atoms with E-state index in [0.717, 1.165) is 37.8 Å². The first-order valence-corrected chi connectivity index (χ1v) is 11.1. The summed E-state index contributed by atoms with van der Waals surface area (Å²) in [7, 11) is 0. The summed E-state index contributed by atoms with van der Waals surface area (Å²) < 4.78 is 0. The zero-order valence-corrected chi connectivity index (χ0v) is 18.2. The lowest BCUT2D eigenvalue weighted by Crippen LogP contribution is -2.36. The third kappa shape index (κ3) is 7.98. The van der Waals surface area contributed by atoms with Crippen LogP contribution in [0.25, 0.3) is 0 Å². The van der Waals surface area contributed by atoms with Gasteiger partial charge < -0.3 is 16.0 Å². The Morgan fingerprint density at radius 1 is 0.793 bits per heavy atom. The van der Waals surface area contributed by atoms with Crippen LogP contribution in [-0.2, 0) is 11.3 Å². The molecule has 6 heteroatoms. The van der Waals surface area contributed by atoms with Crippen molar-refractivity contribution in [3.05, 3.63) is 35.4 Å². The van der Waals surface area contributed by atoms with Crippen molar-refractivity contribution in [2.24, 2.45) is 5.92 Å². The van der Waals surface area contributed by atoms with Crippen molar-refractivity contribution in [1.29, 1.82) is 0 Å². The molecule has 2 amide bonds. The number of carbonyl (C=O) groups is 2. The molecule has 0 spiro atoms. The molecule has 29 heavy (non-hydrogen) atoms. The van der Waals surface area contributed by atoms with Gasteiger partial charge in [0.15, 0.2) is 0 Å². The zero-order valence-electron chi connectivity index (χ0n) is 17.4. The Hall–Kier alpha value is -1.59. The van der Waals surface area contributed by atoms with E-state index in [4.69, 9.17) is 0 Å². The molecular formula is C23H36ClN3O2. The molecule has 1 aromatic rings. The second kappa shape index (κ2) is 12.9. The molecule has 162 valence electrons. The highest BCUT2D eigenvalue weighted by Crippen LogP contribution is 2.24. The van der Waals surface area contributed by atoms with Crippen LogP contribution in [-0.4, -0.2) is 30.9 Å². The van der Waals surface area contributed by atoms with Crippen LogP contribution >= 0.6 is 12.4 Å². The summed E-state index contributed by atoms with van der Waals surface area (Å²) in [6.07, 6.45) is 12.2. The van der Waals surface area contributed by atoms with Crippen LogP contribution < -0.4 is 16.0 Å². The summed E-state index contributed by atoms with van der Waals surface area (Å²) in [5, 5.41) is 9.58. The van der Waals surface area contributed by atoms with E-state index in [0.29, 0.717) is 24.7 Å². The lowest BCUT2D eigenvalue weighted by Gasteiger charge is -2.16. The van der Waals surface area contributed by atoms with Crippen LogP contribution in [0, 0.1) is 5.92 Å². The van der Waals surface area contributed by atoms with Crippen molar-refractivity contribution in [2.75, 3.05) is 13.1 Å². The molecule has 0 heterocycles. The first-order valence-electron chi connectivity index (χ1n) is 11.1. The highest BCUT2D eigenvalue weighted by molar-refractivity contribution is 5.94. The van der Waals surface area contributed by atoms with E-state index >= 15 is 0 Å². The normalized spacial score (nSPS) is 17.9. The number of hydrogen-bond acceptors (Lipinski definition) is 3. The lowest BCUT2D eigenvalue weighted by molar-refractivity contribution is -0.124. The second-order valence-electron chi connectivity index (χ2n) is 8.29. The van der Waals surface area contributed by atoms with E-state index in [-0.39, 0.29) is 30.1 Å². The van der Waals surface area contributed by atoms with Crippen molar-refractivity contribution >= 4 is 24.2 Å². The summed E-state index contributed by atoms with van der Waals surface area (Å²) in [5.74, 6) is 0.321. The highest BCUT2D eigenvalue weighted by Gasteiger charge is 2.22. The van der Waals surface area contributed by atoms with E-state index in [1.165, 1.54) is 38.5 Å². The number of nitrogens with one attached hydrogen (secondary N) is 3. The van der Waals surface area contributed by atoms with Gasteiger partial charge in [-0.3, -0.25) is 9.59 Å². The van der Waals surface area contributed by atoms with Gasteiger partial charge in [0.1, 0.15) is 0 Å². The van der Waals surface area contributed by atoms with E-state index in [1.807, 2.05) is 24.3 Å². The monoisotopic (exact) mass is 421 g/mol. The van der Waals surface area contributed by atoms with Crippen molar-refractivity contribution in [2.45, 2.75) is 76.8 Å². The van der Waals surface area contributed by atoms with Crippen LogP contribution in [0.1, 0.15) is 80.1 Å². The molecule has 0 bridgehead atoms. The van der Waals surface area contributed by atoms with E-state index in [1.54, 1.807) is 0 Å². The Morgan fingerprint density at radius 2 is 1.41 bits per heavy atom. The molecule has 3 N–H and O–H groups in total. The molecule has 0 radical (unpaired) electrons. The fraction of sp³-hybridized carbons (Fsp3) is 0.652. The quantitative estimate of drug-likeness (QED) is 0.439. The second-order valence-corrected chi connectivity index (χ2v) is 8.29. The van der Waals surface area contributed by atoms with E-state index in [2.05, 4.69) is 16.0 Å². The third-order valence-electron chi connectivity index (χ3n) is 6.11. The molecule has 2 aliphatic carbocycles. The van der Waals surface area contributed by atoms with Gasteiger partial charge in [-0.2, -0.15) is 0 Å². The molecule has 0 atom stereocenters. The maximum Gasteiger partial charge on any atom is 0.251 e. The molecule has 5 nitrogen and oxygen atoms in total. The minimum atomic E-state index is -0.0378. The van der Waals surface area contributed by atoms with Crippen LogP contribution in [0.15, 0.2) is 24.3 Å². The van der Waals surface area contributed by atoms with Crippen LogP contribution in [0.5, 0.6) is 0 Å². The van der Waals surface area contributed by atoms with Crippen molar-refractivity contribution in [1.82, 2.24) is 16.0 Å². The molecular weight excluding hydrogens is 386 g/mol. The predicted molar refractivity (Wildman–Crippen MR) is 119 cm³/mol. The van der Waals surface area contributed by atoms with Gasteiger partial charge >= 0.3 is 0 Å². The Kier molecular flexibility index (Phi) is 10.5. The summed E-state index contributed by atoms with van der Waals surface area (Å²) in [6.45, 7) is 2.00. The smallest absolute Gasteiger partial charge is 0.251 e. The standard InChI is InChI=1S/C23H35N3O2.ClH/c27-22(25-16-15-24-21-9-3-1-2-4-10-21)20-13-11-18(12-14-20)17-26-23(28)19-7-5-6-8-19;/h11-14,19,21,24H,1-10,15-17H2,(H,25,27)(H,26,28);1H. The number of halogens is 1. The highest BCUT2D eigenvalue weighted by atomic mass is 35.5. The van der Waals surface area contributed by atoms with E-state index in [9.17, 15) is 9.59 Å². The number of amides is 2. The van der Waals surface area contributed by atoms with Gasteiger partial charge in [-0.15, -0.1) is 12.4 Å². The van der Waals surface area contributed by atoms with Gasteiger partial charge in [0.2, 0.25) is 5.91 Å². The average Bonchev–Trinajstić information content (AvgIpc) is 3.14. The molecule has 0 saturated heterocycles. The molecule has 3 rings (SSSR count). The minimum Gasteiger partial charge on any atom is -0.352 e. The first-order chi connectivity index (χ1) is 13.7. The largest absolute Gasteiger partial charge is 0.352 e. The van der Waals surface area contributed by atoms with Crippen molar-refractivity contribution in [3.8, 4) is 0 Å². The topological polar surface area (TPSA) is 70.2 Å². The minimum absolute atomic E-state index is 0. The molecule has 0 aliphatic heterocycles. The number of hydrogen-bond donors (Lipinski definition) is 3. The van der Waals surface area contributed by atoms with E-state index < -0.39 is 0 Å². The summed E-state index contributed by atoms with van der Waals surface area (Å²) in [5.41, 5.74) is 1.69. The maximum atomic E-state index is 12.3. The maximum absolute atomic E-state index is 12.3. The van der Waals surface area contributed by atoms with Crippen LogP contribution in [0.2, 0.25) is 0 Å². The van der Waals surface area contributed by atoms with Crippen molar-refractivity contribution in [3.63, 3.8) is 0 Å². The van der Waals surface area contributed by atoms with Gasteiger partial charge in [-0.25, -0.2) is 0 Å². The van der Waals surface area contributed by atoms with Gasteiger partial charge in [-0.05, 0) is 43.4 Å². The molecule has 2 saturated carbocycles. The zero-order chi connectivity index (χ0) is 19.6. The average molecular weight is 422 g/mol. The predicted octanol–water partition coefficient (Wildman–Crippen LogP) is 3.96. The van der Waals surface area contributed by atoms with Crippen LogP contribution in [0.4, 0.5) is 0 Å². The Balaban J connectivity index is 0.00000300. The number of rotatable bonds is 8. The summed E-state index contributed by atoms with van der Waals surface area (Å²) >= 11 is 0. The Morgan fingerprint density at radius 3 is 2.07 bits per heavy atom. The van der Waals surface area contributed by atoms with Gasteiger partial charge in [0.05, 0.1) is 0 Å². The third-order valence-corrected chi connectivity index (χ3v) is 6.11. The Bertz CT molecular complexity index is 622. The number of benzene rings is 1. The molecule has 2 aliphatic rings. The van der Waals surface area contributed by atoms with Crippen LogP contribution in [0.3, 0.4) is 0 Å². The fourth-order valence-corrected chi connectivity index (χ4v) is 4.33. The Labute approximate surface area is 181 Å². The summed E-state index contributed by atoms with van der Waals surface area (Å²) in [6, 6.07) is 8.13. The fourth-order valence-electron chi connectivity index (χ4n) is 4.33.